The first-order chi connectivity index (χ1) is 9.18. The van der Waals surface area contributed by atoms with Crippen molar-refractivity contribution in [2.45, 2.75) is 39.2 Å². The van der Waals surface area contributed by atoms with Crippen molar-refractivity contribution < 1.29 is 4.79 Å². The van der Waals surface area contributed by atoms with Crippen molar-refractivity contribution in [3.8, 4) is 0 Å². The summed E-state index contributed by atoms with van der Waals surface area (Å²) in [5.41, 5.74) is 0.886. The molecule has 1 atom stereocenters. The Balaban J connectivity index is 1.80. The molecule has 1 unspecified atom stereocenters. The molecule has 5 heteroatoms. The van der Waals surface area contributed by atoms with Crippen LogP contribution in [-0.2, 0) is 6.54 Å². The Morgan fingerprint density at radius 2 is 2.32 bits per heavy atom. The topological polar surface area (TPSA) is 46.9 Å². The third kappa shape index (κ3) is 2.21. The highest BCUT2D eigenvalue weighted by Gasteiger charge is 2.58. The summed E-state index contributed by atoms with van der Waals surface area (Å²) >= 11 is 6.16. The summed E-state index contributed by atoms with van der Waals surface area (Å²) in [6.45, 7) is 4.90. The van der Waals surface area contributed by atoms with Crippen LogP contribution in [0.3, 0.4) is 0 Å². The van der Waals surface area contributed by atoms with Crippen molar-refractivity contribution >= 4 is 17.4 Å². The van der Waals surface area contributed by atoms with E-state index in [0.29, 0.717) is 10.7 Å². The molecule has 1 spiro atoms. The Morgan fingerprint density at radius 3 is 3.00 bits per heavy atom. The quantitative estimate of drug-likeness (QED) is 0.863. The summed E-state index contributed by atoms with van der Waals surface area (Å²) in [6, 6.07) is 0. The maximum absolute atomic E-state index is 12.7. The molecule has 1 saturated carbocycles. The van der Waals surface area contributed by atoms with E-state index in [1.165, 1.54) is 0 Å². The summed E-state index contributed by atoms with van der Waals surface area (Å²) in [7, 11) is 0. The van der Waals surface area contributed by atoms with Crippen LogP contribution in [-0.4, -0.2) is 28.7 Å². The van der Waals surface area contributed by atoms with Crippen molar-refractivity contribution in [2.75, 3.05) is 13.1 Å². The van der Waals surface area contributed by atoms with Gasteiger partial charge >= 0.3 is 0 Å². The average molecular weight is 282 g/mol. The Labute approximate surface area is 118 Å². The van der Waals surface area contributed by atoms with Crippen molar-refractivity contribution in [3.63, 3.8) is 0 Å². The Bertz CT molecular complexity index is 491. The number of aromatic nitrogens is 2. The lowest BCUT2D eigenvalue weighted by Crippen LogP contribution is -2.31. The van der Waals surface area contributed by atoms with Crippen LogP contribution < -0.4 is 5.32 Å². The third-order valence-corrected chi connectivity index (χ3v) is 4.85. The van der Waals surface area contributed by atoms with Gasteiger partial charge in [0.15, 0.2) is 5.78 Å². The molecule has 1 aromatic rings. The average Bonchev–Trinajstić information content (AvgIpc) is 2.97. The van der Waals surface area contributed by atoms with Crippen LogP contribution in [0.1, 0.15) is 43.1 Å². The molecule has 104 valence electrons. The summed E-state index contributed by atoms with van der Waals surface area (Å²) in [4.78, 5) is 12.7. The second-order valence-electron chi connectivity index (χ2n) is 5.80. The SMILES string of the molecule is CCCn1ncc(Cl)c1C(=O)C1CC12CCNCC2. The van der Waals surface area contributed by atoms with Crippen LogP contribution in [0.2, 0.25) is 5.02 Å². The van der Waals surface area contributed by atoms with Gasteiger partial charge in [0.05, 0.1) is 11.2 Å². The van der Waals surface area contributed by atoms with E-state index >= 15 is 0 Å². The first-order valence-electron chi connectivity index (χ1n) is 7.14. The molecule has 0 amide bonds. The maximum Gasteiger partial charge on any atom is 0.186 e. The van der Waals surface area contributed by atoms with Gasteiger partial charge in [-0.15, -0.1) is 0 Å². The van der Waals surface area contributed by atoms with Gasteiger partial charge in [-0.3, -0.25) is 9.48 Å². The smallest absolute Gasteiger partial charge is 0.186 e. The zero-order chi connectivity index (χ0) is 13.5. The van der Waals surface area contributed by atoms with Gasteiger partial charge in [0.2, 0.25) is 0 Å². The third-order valence-electron chi connectivity index (χ3n) is 4.57. The highest BCUT2D eigenvalue weighted by Crippen LogP contribution is 2.59. The number of rotatable bonds is 4. The van der Waals surface area contributed by atoms with Gasteiger partial charge < -0.3 is 5.32 Å². The lowest BCUT2D eigenvalue weighted by molar-refractivity contribution is 0.0930. The predicted molar refractivity (Wildman–Crippen MR) is 74.5 cm³/mol. The van der Waals surface area contributed by atoms with Gasteiger partial charge in [-0.1, -0.05) is 18.5 Å². The van der Waals surface area contributed by atoms with Crippen LogP contribution in [0, 0.1) is 11.3 Å². The van der Waals surface area contributed by atoms with Crippen LogP contribution in [0.5, 0.6) is 0 Å². The van der Waals surface area contributed by atoms with E-state index in [9.17, 15) is 4.79 Å². The fourth-order valence-electron chi connectivity index (χ4n) is 3.35. The fourth-order valence-corrected chi connectivity index (χ4v) is 3.58. The van der Waals surface area contributed by atoms with E-state index in [-0.39, 0.29) is 17.1 Å². The lowest BCUT2D eigenvalue weighted by atomic mass is 9.90. The molecule has 1 N–H and O–H groups in total. The van der Waals surface area contributed by atoms with E-state index in [4.69, 9.17) is 11.6 Å². The number of carbonyl (C=O) groups is 1. The van der Waals surface area contributed by atoms with Crippen molar-refractivity contribution in [3.05, 3.63) is 16.9 Å². The maximum atomic E-state index is 12.7. The second kappa shape index (κ2) is 4.91. The summed E-state index contributed by atoms with van der Waals surface area (Å²) in [5, 5.41) is 8.09. The number of halogens is 1. The normalized spacial score (nSPS) is 24.6. The molecule has 0 bridgehead atoms. The first-order valence-corrected chi connectivity index (χ1v) is 7.52. The molecule has 3 rings (SSSR count). The van der Waals surface area contributed by atoms with Crippen LogP contribution in [0.25, 0.3) is 0 Å². The molecule has 2 aliphatic rings. The van der Waals surface area contributed by atoms with Crippen LogP contribution in [0.15, 0.2) is 6.20 Å². The zero-order valence-electron chi connectivity index (χ0n) is 11.3. The van der Waals surface area contributed by atoms with E-state index in [0.717, 1.165) is 45.3 Å². The molecule has 1 aliphatic carbocycles. The van der Waals surface area contributed by atoms with Gasteiger partial charge in [-0.2, -0.15) is 5.10 Å². The lowest BCUT2D eigenvalue weighted by Gasteiger charge is -2.23. The summed E-state index contributed by atoms with van der Waals surface area (Å²) in [5.74, 6) is 0.372. The molecule has 0 radical (unpaired) electrons. The monoisotopic (exact) mass is 281 g/mol. The van der Waals surface area contributed by atoms with Gasteiger partial charge in [-0.05, 0) is 44.2 Å². The first kappa shape index (κ1) is 13.1. The van der Waals surface area contributed by atoms with Crippen molar-refractivity contribution in [2.24, 2.45) is 11.3 Å². The number of hydrogen-bond acceptors (Lipinski definition) is 3. The van der Waals surface area contributed by atoms with E-state index in [1.54, 1.807) is 10.9 Å². The number of piperidine rings is 1. The molecule has 1 aromatic heterocycles. The van der Waals surface area contributed by atoms with Crippen LogP contribution in [0.4, 0.5) is 0 Å². The number of aryl methyl sites for hydroxylation is 1. The molecule has 0 aromatic carbocycles. The minimum atomic E-state index is 0.166. The summed E-state index contributed by atoms with van der Waals surface area (Å²) in [6.07, 6.45) is 5.81. The van der Waals surface area contributed by atoms with Gasteiger partial charge in [0, 0.05) is 12.5 Å². The molecule has 4 nitrogen and oxygen atoms in total. The Hall–Kier alpha value is -0.870. The van der Waals surface area contributed by atoms with Crippen molar-refractivity contribution in [1.29, 1.82) is 0 Å². The number of carbonyl (C=O) groups excluding carboxylic acids is 1. The molecule has 19 heavy (non-hydrogen) atoms. The molecule has 2 heterocycles. The van der Waals surface area contributed by atoms with Gasteiger partial charge in [0.25, 0.3) is 0 Å². The highest BCUT2D eigenvalue weighted by molar-refractivity contribution is 6.33. The van der Waals surface area contributed by atoms with E-state index in [2.05, 4.69) is 17.3 Å². The molecular formula is C14H20ClN3O. The number of Topliss-reactive ketones (excluding diaryl/α,β-unsaturated/α-hetero) is 1. The minimum Gasteiger partial charge on any atom is -0.317 e. The predicted octanol–water partition coefficient (Wildman–Crippen LogP) is 2.52. The minimum absolute atomic E-state index is 0.166. The molecular weight excluding hydrogens is 262 g/mol. The van der Waals surface area contributed by atoms with Gasteiger partial charge in [0.1, 0.15) is 5.69 Å². The Morgan fingerprint density at radius 1 is 1.58 bits per heavy atom. The fraction of sp³-hybridized carbons (Fsp3) is 0.714. The van der Waals surface area contributed by atoms with Gasteiger partial charge in [-0.25, -0.2) is 0 Å². The second-order valence-corrected chi connectivity index (χ2v) is 6.20. The highest BCUT2D eigenvalue weighted by atomic mass is 35.5. The van der Waals surface area contributed by atoms with Crippen LogP contribution >= 0.6 is 11.6 Å². The number of hydrogen-bond donors (Lipinski definition) is 1. The number of nitrogens with zero attached hydrogens (tertiary/aromatic N) is 2. The molecule has 2 fully saturated rings. The zero-order valence-corrected chi connectivity index (χ0v) is 12.0. The Kier molecular flexibility index (Phi) is 3.39. The molecule has 1 aliphatic heterocycles. The number of nitrogens with one attached hydrogen (secondary N) is 1. The van der Waals surface area contributed by atoms with Crippen molar-refractivity contribution in [1.82, 2.24) is 15.1 Å². The largest absolute Gasteiger partial charge is 0.317 e. The molecule has 1 saturated heterocycles. The van der Waals surface area contributed by atoms with E-state index < -0.39 is 0 Å². The number of ketones is 1. The van der Waals surface area contributed by atoms with E-state index in [1.807, 2.05) is 0 Å². The standard InChI is InChI=1S/C14H20ClN3O/c1-2-7-18-12(11(15)9-17-18)13(19)10-8-14(10)3-5-16-6-4-14/h9-10,16H,2-8H2,1H3. The summed E-state index contributed by atoms with van der Waals surface area (Å²) < 4.78 is 1.78.